The van der Waals surface area contributed by atoms with E-state index in [4.69, 9.17) is 5.73 Å². The third kappa shape index (κ3) is 1.70. The number of benzene rings is 1. The molecule has 58 valence electrons. The van der Waals surface area contributed by atoms with Crippen LogP contribution in [0.4, 0.5) is 0 Å². The number of aryl methyl sites for hydroxylation is 1. The summed E-state index contributed by atoms with van der Waals surface area (Å²) in [6.07, 6.45) is 0. The van der Waals surface area contributed by atoms with Crippen molar-refractivity contribution in [1.29, 1.82) is 0 Å². The molecule has 0 atom stereocenters. The summed E-state index contributed by atoms with van der Waals surface area (Å²) in [5, 5.41) is 0. The second-order valence-electron chi connectivity index (χ2n) is 2.61. The van der Waals surface area contributed by atoms with Crippen molar-refractivity contribution in [1.82, 2.24) is 0 Å². The third-order valence-corrected chi connectivity index (χ3v) is 2.33. The van der Waals surface area contributed by atoms with E-state index in [0.717, 1.165) is 10.1 Å². The summed E-state index contributed by atoms with van der Waals surface area (Å²) in [5.74, 6) is 0. The topological polar surface area (TPSA) is 26.0 Å². The molecule has 0 saturated carbocycles. The first-order valence-electron chi connectivity index (χ1n) is 3.49. The van der Waals surface area contributed by atoms with Crippen LogP contribution >= 0.6 is 0 Å². The normalized spacial score (nSPS) is 9.64. The van der Waals surface area contributed by atoms with Crippen LogP contribution in [0.1, 0.15) is 16.7 Å². The minimum atomic E-state index is 0.770. The molecule has 1 aromatic rings. The average molecular weight is 212 g/mol. The Balaban J connectivity index is 3.27. The summed E-state index contributed by atoms with van der Waals surface area (Å²) in [6, 6.07) is 6.12. The predicted molar refractivity (Wildman–Crippen MR) is 50.0 cm³/mol. The van der Waals surface area contributed by atoms with Crippen LogP contribution in [0.15, 0.2) is 18.2 Å². The van der Waals surface area contributed by atoms with Crippen molar-refractivity contribution in [3.63, 3.8) is 0 Å². The molecular formula is C9H11NSe. The number of hydrogen-bond donors (Lipinski definition) is 1. The number of nitrogens with two attached hydrogens (primary N) is 1. The Bertz CT molecular complexity index is 292. The van der Waals surface area contributed by atoms with Crippen molar-refractivity contribution in [3.8, 4) is 0 Å². The first-order chi connectivity index (χ1) is 5.13. The Morgan fingerprint density at radius 1 is 1.36 bits per heavy atom. The van der Waals surface area contributed by atoms with Crippen LogP contribution in [-0.4, -0.2) is 20.1 Å². The molecule has 2 N–H and O–H groups in total. The van der Waals surface area contributed by atoms with E-state index in [1.54, 1.807) is 0 Å². The summed E-state index contributed by atoms with van der Waals surface area (Å²) in [6.45, 7) is 4.16. The molecule has 0 heterocycles. The summed E-state index contributed by atoms with van der Waals surface area (Å²) in [5.41, 5.74) is 9.29. The zero-order valence-corrected chi connectivity index (χ0v) is 8.43. The third-order valence-electron chi connectivity index (χ3n) is 1.87. The van der Waals surface area contributed by atoms with Gasteiger partial charge in [-0.2, -0.15) is 0 Å². The second-order valence-corrected chi connectivity index (χ2v) is 3.53. The van der Waals surface area contributed by atoms with E-state index in [1.807, 2.05) is 12.1 Å². The van der Waals surface area contributed by atoms with E-state index in [0.29, 0.717) is 0 Å². The van der Waals surface area contributed by atoms with Crippen molar-refractivity contribution in [2.24, 2.45) is 5.73 Å². The molecule has 0 aliphatic carbocycles. The number of rotatable bonds is 1. The van der Waals surface area contributed by atoms with E-state index < -0.39 is 0 Å². The second kappa shape index (κ2) is 3.20. The number of hydrogen-bond acceptors (Lipinski definition) is 1. The Morgan fingerprint density at radius 3 is 2.45 bits per heavy atom. The molecule has 0 spiro atoms. The van der Waals surface area contributed by atoms with Gasteiger partial charge in [0.25, 0.3) is 0 Å². The van der Waals surface area contributed by atoms with Gasteiger partial charge in [-0.05, 0) is 0 Å². The molecule has 0 aliphatic rings. The molecule has 1 nitrogen and oxygen atoms in total. The maximum atomic E-state index is 5.64. The standard InChI is InChI=1S/C9H11NSe/c1-6-4-3-5-8(7(6)2)9(10)11/h3-5H,1-2H3,(H2,10,11). The molecule has 0 aliphatic heterocycles. The Hall–Kier alpha value is -0.591. The van der Waals surface area contributed by atoms with Gasteiger partial charge in [0.1, 0.15) is 0 Å². The van der Waals surface area contributed by atoms with Crippen LogP contribution < -0.4 is 5.73 Å². The summed E-state index contributed by atoms with van der Waals surface area (Å²) < 4.78 is 0.770. The van der Waals surface area contributed by atoms with Gasteiger partial charge < -0.3 is 0 Å². The fourth-order valence-corrected chi connectivity index (χ4v) is 1.48. The molecular weight excluding hydrogens is 201 g/mol. The predicted octanol–water partition coefficient (Wildman–Crippen LogP) is 0.909. The van der Waals surface area contributed by atoms with Crippen LogP contribution in [0.5, 0.6) is 0 Å². The summed E-state index contributed by atoms with van der Waals surface area (Å²) >= 11 is 2.82. The zero-order valence-electron chi connectivity index (χ0n) is 6.72. The molecule has 1 rings (SSSR count). The Kier molecular flexibility index (Phi) is 2.48. The molecule has 11 heavy (non-hydrogen) atoms. The fraction of sp³-hybridized carbons (Fsp3) is 0.222. The van der Waals surface area contributed by atoms with Crippen molar-refractivity contribution in [3.05, 3.63) is 34.9 Å². The molecule has 2 heteroatoms. The van der Waals surface area contributed by atoms with Gasteiger partial charge in [0, 0.05) is 0 Å². The summed E-state index contributed by atoms with van der Waals surface area (Å²) in [7, 11) is 0. The van der Waals surface area contributed by atoms with Crippen LogP contribution in [0.3, 0.4) is 0 Å². The Labute approximate surface area is 75.0 Å². The Morgan fingerprint density at radius 2 is 2.00 bits per heavy atom. The molecule has 0 bridgehead atoms. The summed E-state index contributed by atoms with van der Waals surface area (Å²) in [4.78, 5) is 0. The van der Waals surface area contributed by atoms with Gasteiger partial charge in [-0.25, -0.2) is 0 Å². The quantitative estimate of drug-likeness (QED) is 0.688. The molecule has 0 amide bonds. The minimum absolute atomic E-state index is 0.770. The van der Waals surface area contributed by atoms with E-state index in [9.17, 15) is 0 Å². The van der Waals surface area contributed by atoms with Gasteiger partial charge in [0.05, 0.1) is 0 Å². The molecule has 0 radical (unpaired) electrons. The van der Waals surface area contributed by atoms with Crippen molar-refractivity contribution in [2.45, 2.75) is 13.8 Å². The van der Waals surface area contributed by atoms with Gasteiger partial charge in [-0.1, -0.05) is 0 Å². The van der Waals surface area contributed by atoms with Crippen LogP contribution in [-0.2, 0) is 0 Å². The van der Waals surface area contributed by atoms with E-state index >= 15 is 0 Å². The van der Waals surface area contributed by atoms with Gasteiger partial charge >= 0.3 is 74.6 Å². The molecule has 1 aromatic carbocycles. The first-order valence-corrected chi connectivity index (χ1v) is 4.34. The molecule has 0 saturated heterocycles. The van der Waals surface area contributed by atoms with Crippen molar-refractivity contribution in [2.75, 3.05) is 0 Å². The van der Waals surface area contributed by atoms with E-state index in [-0.39, 0.29) is 0 Å². The van der Waals surface area contributed by atoms with Crippen LogP contribution in [0, 0.1) is 13.8 Å². The van der Waals surface area contributed by atoms with Crippen molar-refractivity contribution < 1.29 is 0 Å². The first kappa shape index (κ1) is 8.51. The fourth-order valence-electron chi connectivity index (χ4n) is 1.02. The zero-order chi connectivity index (χ0) is 8.43. The monoisotopic (exact) mass is 213 g/mol. The van der Waals surface area contributed by atoms with E-state index in [2.05, 4.69) is 35.5 Å². The molecule has 0 aromatic heterocycles. The van der Waals surface area contributed by atoms with Gasteiger partial charge in [0.2, 0.25) is 0 Å². The van der Waals surface area contributed by atoms with Gasteiger partial charge in [0.15, 0.2) is 0 Å². The van der Waals surface area contributed by atoms with Crippen LogP contribution in [0.25, 0.3) is 0 Å². The SMILES string of the molecule is Cc1cccc(C(N)=[Se])c1C. The van der Waals surface area contributed by atoms with Gasteiger partial charge in [-0.3, -0.25) is 0 Å². The van der Waals surface area contributed by atoms with E-state index in [1.165, 1.54) is 11.1 Å². The molecule has 0 unspecified atom stereocenters. The van der Waals surface area contributed by atoms with Crippen LogP contribution in [0.2, 0.25) is 0 Å². The molecule has 0 fully saturated rings. The average Bonchev–Trinajstić information content (AvgIpc) is 1.94. The maximum absolute atomic E-state index is 5.64. The van der Waals surface area contributed by atoms with Crippen molar-refractivity contribution >= 4 is 20.1 Å². The van der Waals surface area contributed by atoms with Gasteiger partial charge in [-0.15, -0.1) is 0 Å².